The Hall–Kier alpha value is -1.64. The van der Waals surface area contributed by atoms with Crippen LogP contribution < -0.4 is 4.74 Å². The van der Waals surface area contributed by atoms with Crippen LogP contribution >= 0.6 is 0 Å². The molecule has 1 aliphatic carbocycles. The third-order valence-corrected chi connectivity index (χ3v) is 2.87. The van der Waals surface area contributed by atoms with Gasteiger partial charge in [0.15, 0.2) is 0 Å². The van der Waals surface area contributed by atoms with Gasteiger partial charge < -0.3 is 4.74 Å². The van der Waals surface area contributed by atoms with E-state index in [1.165, 1.54) is 23.8 Å². The minimum absolute atomic E-state index is 0.620. The van der Waals surface area contributed by atoms with Crippen molar-refractivity contribution in [1.29, 1.82) is 0 Å². The van der Waals surface area contributed by atoms with Gasteiger partial charge >= 0.3 is 0 Å². The SMILES string of the molecule is COc1nccc2c(C3CC3)ccnc12. The van der Waals surface area contributed by atoms with Crippen molar-refractivity contribution in [1.82, 2.24) is 9.97 Å². The molecule has 0 aromatic carbocycles. The average Bonchev–Trinajstić information content (AvgIpc) is 3.11. The van der Waals surface area contributed by atoms with E-state index in [-0.39, 0.29) is 0 Å². The van der Waals surface area contributed by atoms with Crippen molar-refractivity contribution in [3.8, 4) is 5.88 Å². The van der Waals surface area contributed by atoms with Gasteiger partial charge in [-0.3, -0.25) is 4.98 Å². The molecule has 1 fully saturated rings. The molecule has 2 aromatic rings. The van der Waals surface area contributed by atoms with Crippen molar-refractivity contribution in [2.45, 2.75) is 18.8 Å². The molecule has 3 nitrogen and oxygen atoms in total. The fourth-order valence-electron chi connectivity index (χ4n) is 1.97. The summed E-state index contributed by atoms with van der Waals surface area (Å²) in [6, 6.07) is 4.14. The van der Waals surface area contributed by atoms with Crippen LogP contribution in [0, 0.1) is 0 Å². The van der Waals surface area contributed by atoms with Gasteiger partial charge in [0.2, 0.25) is 5.88 Å². The number of nitrogens with zero attached hydrogens (tertiary/aromatic N) is 2. The van der Waals surface area contributed by atoms with Crippen LogP contribution in [-0.4, -0.2) is 17.1 Å². The molecule has 1 aliphatic rings. The van der Waals surface area contributed by atoms with E-state index in [0.29, 0.717) is 5.88 Å². The van der Waals surface area contributed by atoms with E-state index in [2.05, 4.69) is 16.0 Å². The molecule has 0 saturated heterocycles. The molecule has 76 valence electrons. The number of fused-ring (bicyclic) bond motifs is 1. The van der Waals surface area contributed by atoms with Crippen LogP contribution in [0.5, 0.6) is 5.88 Å². The Morgan fingerprint density at radius 2 is 2.00 bits per heavy atom. The van der Waals surface area contributed by atoms with Crippen molar-refractivity contribution in [2.75, 3.05) is 7.11 Å². The second kappa shape index (κ2) is 3.19. The molecule has 0 N–H and O–H groups in total. The lowest BCUT2D eigenvalue weighted by Crippen LogP contribution is -1.93. The molecule has 0 spiro atoms. The third kappa shape index (κ3) is 1.35. The van der Waals surface area contributed by atoms with Crippen LogP contribution in [-0.2, 0) is 0 Å². The van der Waals surface area contributed by atoms with E-state index in [9.17, 15) is 0 Å². The van der Waals surface area contributed by atoms with Gasteiger partial charge in [0.25, 0.3) is 0 Å². The van der Waals surface area contributed by atoms with E-state index in [4.69, 9.17) is 4.74 Å². The number of pyridine rings is 2. The molecule has 3 rings (SSSR count). The van der Waals surface area contributed by atoms with E-state index in [1.54, 1.807) is 13.3 Å². The summed E-state index contributed by atoms with van der Waals surface area (Å²) in [4.78, 5) is 8.50. The molecule has 0 atom stereocenters. The molecule has 2 aromatic heterocycles. The first-order valence-corrected chi connectivity index (χ1v) is 5.18. The highest BCUT2D eigenvalue weighted by Crippen LogP contribution is 2.43. The maximum atomic E-state index is 5.21. The molecule has 2 heterocycles. The highest BCUT2D eigenvalue weighted by molar-refractivity contribution is 5.86. The van der Waals surface area contributed by atoms with Gasteiger partial charge in [-0.15, -0.1) is 0 Å². The Bertz CT molecular complexity index is 506. The molecule has 0 unspecified atom stereocenters. The normalized spacial score (nSPS) is 15.5. The van der Waals surface area contributed by atoms with Crippen molar-refractivity contribution < 1.29 is 4.74 Å². The molecule has 15 heavy (non-hydrogen) atoms. The summed E-state index contributed by atoms with van der Waals surface area (Å²) in [5, 5.41) is 1.19. The number of aromatic nitrogens is 2. The van der Waals surface area contributed by atoms with Crippen LogP contribution in [0.3, 0.4) is 0 Å². The average molecular weight is 200 g/mol. The summed E-state index contributed by atoms with van der Waals surface area (Å²) in [6.45, 7) is 0. The largest absolute Gasteiger partial charge is 0.479 e. The summed E-state index contributed by atoms with van der Waals surface area (Å²) in [6.07, 6.45) is 6.22. The predicted octanol–water partition coefficient (Wildman–Crippen LogP) is 2.52. The first-order chi connectivity index (χ1) is 7.40. The fraction of sp³-hybridized carbons (Fsp3) is 0.333. The number of hydrogen-bond donors (Lipinski definition) is 0. The summed E-state index contributed by atoms with van der Waals surface area (Å²) in [7, 11) is 1.63. The van der Waals surface area contributed by atoms with Gasteiger partial charge in [-0.1, -0.05) is 0 Å². The second-order valence-electron chi connectivity index (χ2n) is 3.89. The van der Waals surface area contributed by atoms with Crippen LogP contribution in [0.1, 0.15) is 24.3 Å². The third-order valence-electron chi connectivity index (χ3n) is 2.87. The van der Waals surface area contributed by atoms with Gasteiger partial charge in [-0.2, -0.15) is 0 Å². The summed E-state index contributed by atoms with van der Waals surface area (Å²) in [5.74, 6) is 1.35. The minimum atomic E-state index is 0.620. The van der Waals surface area contributed by atoms with Crippen LogP contribution in [0.25, 0.3) is 10.9 Å². The van der Waals surface area contributed by atoms with E-state index in [1.807, 2.05) is 12.3 Å². The van der Waals surface area contributed by atoms with Crippen molar-refractivity contribution in [3.63, 3.8) is 0 Å². The van der Waals surface area contributed by atoms with E-state index >= 15 is 0 Å². The van der Waals surface area contributed by atoms with Crippen molar-refractivity contribution in [3.05, 3.63) is 30.1 Å². The fourth-order valence-corrected chi connectivity index (χ4v) is 1.97. The van der Waals surface area contributed by atoms with Gasteiger partial charge in [0.05, 0.1) is 7.11 Å². The van der Waals surface area contributed by atoms with Gasteiger partial charge in [0, 0.05) is 17.8 Å². The predicted molar refractivity (Wildman–Crippen MR) is 58.1 cm³/mol. The quantitative estimate of drug-likeness (QED) is 0.747. The topological polar surface area (TPSA) is 35.0 Å². The molecular weight excluding hydrogens is 188 g/mol. The van der Waals surface area contributed by atoms with Gasteiger partial charge in [-0.25, -0.2) is 4.98 Å². The molecule has 0 radical (unpaired) electrons. The van der Waals surface area contributed by atoms with Crippen LogP contribution in [0.2, 0.25) is 0 Å². The first kappa shape index (κ1) is 8.65. The number of methoxy groups -OCH3 is 1. The van der Waals surface area contributed by atoms with Crippen molar-refractivity contribution >= 4 is 10.9 Å². The van der Waals surface area contributed by atoms with Gasteiger partial charge in [-0.05, 0) is 36.5 Å². The lowest BCUT2D eigenvalue weighted by molar-refractivity contribution is 0.402. The number of rotatable bonds is 2. The van der Waals surface area contributed by atoms with E-state index in [0.717, 1.165) is 11.4 Å². The lowest BCUT2D eigenvalue weighted by atomic mass is 10.1. The van der Waals surface area contributed by atoms with Crippen LogP contribution in [0.15, 0.2) is 24.5 Å². The molecule has 1 saturated carbocycles. The molecular formula is C12H12N2O. The molecule has 0 amide bonds. The smallest absolute Gasteiger partial charge is 0.240 e. The summed E-state index contributed by atoms with van der Waals surface area (Å²) in [5.41, 5.74) is 2.27. The molecule has 0 aliphatic heterocycles. The maximum absolute atomic E-state index is 5.21. The summed E-state index contributed by atoms with van der Waals surface area (Å²) < 4.78 is 5.21. The van der Waals surface area contributed by atoms with Crippen molar-refractivity contribution in [2.24, 2.45) is 0 Å². The zero-order valence-corrected chi connectivity index (χ0v) is 8.60. The van der Waals surface area contributed by atoms with Gasteiger partial charge in [0.1, 0.15) is 5.52 Å². The standard InChI is InChI=1S/C12H12N2O/c1-15-12-11-10(5-7-14-12)9(4-6-13-11)8-2-3-8/h4-8H,2-3H2,1H3. The Balaban J connectivity index is 2.29. The Morgan fingerprint density at radius 1 is 1.20 bits per heavy atom. The zero-order chi connectivity index (χ0) is 10.3. The Morgan fingerprint density at radius 3 is 2.73 bits per heavy atom. The zero-order valence-electron chi connectivity index (χ0n) is 8.60. The summed E-state index contributed by atoms with van der Waals surface area (Å²) >= 11 is 0. The Labute approximate surface area is 88.1 Å². The highest BCUT2D eigenvalue weighted by Gasteiger charge is 2.25. The minimum Gasteiger partial charge on any atom is -0.479 e. The monoisotopic (exact) mass is 200 g/mol. The number of hydrogen-bond acceptors (Lipinski definition) is 3. The highest BCUT2D eigenvalue weighted by atomic mass is 16.5. The number of ether oxygens (including phenoxy) is 1. The molecule has 0 bridgehead atoms. The molecule has 3 heteroatoms. The maximum Gasteiger partial charge on any atom is 0.240 e. The second-order valence-corrected chi connectivity index (χ2v) is 3.89. The first-order valence-electron chi connectivity index (χ1n) is 5.18. The van der Waals surface area contributed by atoms with Crippen LogP contribution in [0.4, 0.5) is 0 Å². The Kier molecular flexibility index (Phi) is 1.84. The van der Waals surface area contributed by atoms with E-state index < -0.39 is 0 Å². The lowest BCUT2D eigenvalue weighted by Gasteiger charge is -2.06.